The normalized spacial score (nSPS) is 36.6. The van der Waals surface area contributed by atoms with Gasteiger partial charge in [0, 0.05) is 0 Å². The van der Waals surface area contributed by atoms with Crippen LogP contribution in [0, 0.1) is 23.7 Å². The third-order valence-electron chi connectivity index (χ3n) is 4.40. The van der Waals surface area contributed by atoms with Crippen molar-refractivity contribution in [3.8, 4) is 0 Å². The number of nitrogens with zero attached hydrogens (tertiary/aromatic N) is 1. The van der Waals surface area contributed by atoms with E-state index in [1.165, 1.54) is 12.0 Å². The predicted molar refractivity (Wildman–Crippen MR) is 64.6 cm³/mol. The molecule has 1 saturated carbocycles. The first-order chi connectivity index (χ1) is 9.04. The van der Waals surface area contributed by atoms with Crippen LogP contribution in [0.2, 0.25) is 0 Å². The van der Waals surface area contributed by atoms with Gasteiger partial charge >= 0.3 is 6.09 Å². The Morgan fingerprint density at radius 2 is 1.84 bits per heavy atom. The van der Waals surface area contributed by atoms with E-state index in [0.29, 0.717) is 0 Å². The van der Waals surface area contributed by atoms with Gasteiger partial charge in [0.2, 0.25) is 11.8 Å². The van der Waals surface area contributed by atoms with Crippen LogP contribution in [0.15, 0.2) is 12.2 Å². The number of hydrogen-bond acceptors (Lipinski definition) is 4. The molecular weight excluding hydrogens is 248 g/mol. The maximum Gasteiger partial charge on any atom is 0.408 e. The fourth-order valence-corrected chi connectivity index (χ4v) is 3.60. The summed E-state index contributed by atoms with van der Waals surface area (Å²) in [6.45, 7) is 1.61. The molecule has 1 heterocycles. The van der Waals surface area contributed by atoms with E-state index in [1.807, 2.05) is 12.2 Å². The largest absolute Gasteiger partial charge is 0.453 e. The number of allylic oxidation sites excluding steroid dienone is 2. The molecule has 0 aromatic carbocycles. The van der Waals surface area contributed by atoms with E-state index in [9.17, 15) is 14.4 Å². The summed E-state index contributed by atoms with van der Waals surface area (Å²) in [6, 6.07) is 0. The monoisotopic (exact) mass is 264 g/mol. The fourth-order valence-electron chi connectivity index (χ4n) is 3.60. The van der Waals surface area contributed by atoms with Crippen LogP contribution >= 0.6 is 0 Å². The minimum absolute atomic E-state index is 0.171. The lowest BCUT2D eigenvalue weighted by atomic mass is 9.85. The molecular formula is C13H16N2O4. The van der Waals surface area contributed by atoms with E-state index in [4.69, 9.17) is 0 Å². The Balaban J connectivity index is 1.80. The van der Waals surface area contributed by atoms with Crippen LogP contribution in [0.1, 0.15) is 13.3 Å². The number of imide groups is 1. The zero-order valence-corrected chi connectivity index (χ0v) is 10.8. The van der Waals surface area contributed by atoms with Crippen LogP contribution in [0.25, 0.3) is 0 Å². The molecule has 6 heteroatoms. The summed E-state index contributed by atoms with van der Waals surface area (Å²) >= 11 is 0. The van der Waals surface area contributed by atoms with Gasteiger partial charge in [0.25, 0.3) is 0 Å². The van der Waals surface area contributed by atoms with Gasteiger partial charge in [0.15, 0.2) is 0 Å². The molecule has 2 fully saturated rings. The highest BCUT2D eigenvalue weighted by molar-refractivity contribution is 6.06. The summed E-state index contributed by atoms with van der Waals surface area (Å²) in [5, 5.41) is 2.47. The summed E-state index contributed by atoms with van der Waals surface area (Å²) in [6.07, 6.45) is 3.67. The molecule has 0 aromatic rings. The van der Waals surface area contributed by atoms with E-state index in [2.05, 4.69) is 10.1 Å². The highest BCUT2D eigenvalue weighted by atomic mass is 16.5. The van der Waals surface area contributed by atoms with Crippen LogP contribution in [0.4, 0.5) is 4.79 Å². The third kappa shape index (κ3) is 1.59. The Hall–Kier alpha value is -1.85. The lowest BCUT2D eigenvalue weighted by Crippen LogP contribution is -2.50. The number of likely N-dealkylation sites (tertiary alicyclic amines) is 1. The molecule has 2 bridgehead atoms. The number of fused-ring (bicyclic) bond motifs is 5. The molecule has 5 atom stereocenters. The summed E-state index contributed by atoms with van der Waals surface area (Å²) in [4.78, 5) is 37.1. The first kappa shape index (κ1) is 12.2. The lowest BCUT2D eigenvalue weighted by Gasteiger charge is -2.24. The van der Waals surface area contributed by atoms with Crippen molar-refractivity contribution in [3.05, 3.63) is 12.2 Å². The molecule has 0 radical (unpaired) electrons. The second kappa shape index (κ2) is 4.08. The highest BCUT2D eigenvalue weighted by Crippen LogP contribution is 2.52. The van der Waals surface area contributed by atoms with Crippen LogP contribution in [-0.2, 0) is 14.3 Å². The van der Waals surface area contributed by atoms with Gasteiger partial charge in [-0.05, 0) is 25.2 Å². The molecule has 1 N–H and O–H groups in total. The van der Waals surface area contributed by atoms with Crippen molar-refractivity contribution in [3.63, 3.8) is 0 Å². The van der Waals surface area contributed by atoms with E-state index >= 15 is 0 Å². The third-order valence-corrected chi connectivity index (χ3v) is 4.40. The number of amides is 3. The maximum absolute atomic E-state index is 12.4. The molecule has 0 unspecified atom stereocenters. The smallest absolute Gasteiger partial charge is 0.408 e. The standard InChI is InChI=1S/C13H16N2O4/c1-6(14-13(18)19-2)15-11(16)9-7-3-4-8(5-7)10(9)12(15)17/h3-4,6-10H,5H2,1-2H3,(H,14,18)/t6-,7-,8-,9-,10-/m0/s1. The predicted octanol–water partition coefficient (Wildman–Crippen LogP) is 0.495. The van der Waals surface area contributed by atoms with Gasteiger partial charge in [-0.2, -0.15) is 0 Å². The molecule has 0 aromatic heterocycles. The van der Waals surface area contributed by atoms with Crippen molar-refractivity contribution in [2.24, 2.45) is 23.7 Å². The second-order valence-corrected chi connectivity index (χ2v) is 5.36. The van der Waals surface area contributed by atoms with E-state index < -0.39 is 12.3 Å². The van der Waals surface area contributed by atoms with Crippen molar-refractivity contribution in [2.45, 2.75) is 19.5 Å². The number of carbonyl (C=O) groups is 3. The van der Waals surface area contributed by atoms with Crippen molar-refractivity contribution in [2.75, 3.05) is 7.11 Å². The average Bonchev–Trinajstić information content (AvgIpc) is 3.03. The Bertz CT molecular complexity index is 457. The van der Waals surface area contributed by atoms with E-state index in [1.54, 1.807) is 6.92 Å². The Kier molecular flexibility index (Phi) is 2.62. The van der Waals surface area contributed by atoms with Crippen molar-refractivity contribution >= 4 is 17.9 Å². The number of ether oxygens (including phenoxy) is 1. The quantitative estimate of drug-likeness (QED) is 0.582. The molecule has 2 aliphatic carbocycles. The van der Waals surface area contributed by atoms with Crippen LogP contribution in [0.3, 0.4) is 0 Å². The van der Waals surface area contributed by atoms with Gasteiger partial charge in [-0.15, -0.1) is 0 Å². The molecule has 1 aliphatic heterocycles. The van der Waals surface area contributed by atoms with Crippen molar-refractivity contribution in [1.82, 2.24) is 10.2 Å². The Morgan fingerprint density at radius 1 is 1.32 bits per heavy atom. The van der Waals surface area contributed by atoms with Gasteiger partial charge in [-0.25, -0.2) is 4.79 Å². The van der Waals surface area contributed by atoms with Crippen molar-refractivity contribution < 1.29 is 19.1 Å². The van der Waals surface area contributed by atoms with Gasteiger partial charge in [0.05, 0.1) is 18.9 Å². The molecule has 3 rings (SSSR count). The first-order valence-corrected chi connectivity index (χ1v) is 6.44. The minimum Gasteiger partial charge on any atom is -0.453 e. The number of methoxy groups -OCH3 is 1. The van der Waals surface area contributed by atoms with Gasteiger partial charge in [-0.3, -0.25) is 14.5 Å². The van der Waals surface area contributed by atoms with E-state index in [-0.39, 0.29) is 35.5 Å². The SMILES string of the molecule is COC(=O)N[C@H](C)N1C(=O)[C@@H]2[C@@H](C1=O)[C@H]1C=C[C@H]2C1. The summed E-state index contributed by atoms with van der Waals surface area (Å²) in [5.41, 5.74) is 0. The van der Waals surface area contributed by atoms with Crippen LogP contribution < -0.4 is 5.32 Å². The highest BCUT2D eigenvalue weighted by Gasteiger charge is 2.60. The van der Waals surface area contributed by atoms with E-state index in [0.717, 1.165) is 6.42 Å². The molecule has 1 saturated heterocycles. The summed E-state index contributed by atoms with van der Waals surface area (Å²) in [7, 11) is 1.24. The lowest BCUT2D eigenvalue weighted by molar-refractivity contribution is -0.143. The number of carbonyl (C=O) groups excluding carboxylic acids is 3. The first-order valence-electron chi connectivity index (χ1n) is 6.44. The number of hydrogen-bond donors (Lipinski definition) is 1. The molecule has 0 spiro atoms. The number of rotatable bonds is 2. The molecule has 19 heavy (non-hydrogen) atoms. The zero-order valence-electron chi connectivity index (χ0n) is 10.8. The Labute approximate surface area is 110 Å². The van der Waals surface area contributed by atoms with Gasteiger partial charge < -0.3 is 10.1 Å². The zero-order chi connectivity index (χ0) is 13.7. The van der Waals surface area contributed by atoms with Gasteiger partial charge in [-0.1, -0.05) is 12.2 Å². The molecule has 102 valence electrons. The van der Waals surface area contributed by atoms with Crippen molar-refractivity contribution in [1.29, 1.82) is 0 Å². The molecule has 6 nitrogen and oxygen atoms in total. The average molecular weight is 264 g/mol. The topological polar surface area (TPSA) is 75.7 Å². The fraction of sp³-hybridized carbons (Fsp3) is 0.615. The van der Waals surface area contributed by atoms with Crippen LogP contribution in [-0.4, -0.2) is 36.1 Å². The van der Waals surface area contributed by atoms with Crippen LogP contribution in [0.5, 0.6) is 0 Å². The van der Waals surface area contributed by atoms with Gasteiger partial charge in [0.1, 0.15) is 6.17 Å². The summed E-state index contributed by atoms with van der Waals surface area (Å²) < 4.78 is 4.49. The maximum atomic E-state index is 12.4. The minimum atomic E-state index is -0.669. The number of alkyl carbamates (subject to hydrolysis) is 1. The molecule has 3 aliphatic rings. The molecule has 3 amide bonds. The summed E-state index contributed by atoms with van der Waals surface area (Å²) in [5.74, 6) is -0.441. The second-order valence-electron chi connectivity index (χ2n) is 5.36. The number of nitrogens with one attached hydrogen (secondary N) is 1. The Morgan fingerprint density at radius 3 is 2.32 bits per heavy atom.